The summed E-state index contributed by atoms with van der Waals surface area (Å²) in [6.45, 7) is 5.69. The van der Waals surface area contributed by atoms with Gasteiger partial charge in [0.1, 0.15) is 0 Å². The maximum Gasteiger partial charge on any atom is 0.176 e. The van der Waals surface area contributed by atoms with Crippen molar-refractivity contribution < 1.29 is 14.6 Å². The van der Waals surface area contributed by atoms with Crippen LogP contribution in [-0.4, -0.2) is 54.2 Å². The van der Waals surface area contributed by atoms with Crippen molar-refractivity contribution >= 4 is 5.78 Å². The lowest BCUT2D eigenvalue weighted by Gasteiger charge is -2.35. The highest BCUT2D eigenvalue weighted by molar-refractivity contribution is 5.97. The van der Waals surface area contributed by atoms with E-state index in [-0.39, 0.29) is 24.6 Å². The van der Waals surface area contributed by atoms with Crippen LogP contribution >= 0.6 is 0 Å². The SMILES string of the molecule is Cc1ccc(C(=O)CN2CC(C)OC(CO)C2)cc1. The van der Waals surface area contributed by atoms with E-state index in [0.29, 0.717) is 13.1 Å². The molecule has 2 rings (SSSR count). The molecule has 1 saturated heterocycles. The predicted octanol–water partition coefficient (Wildman–Crippen LogP) is 1.26. The number of Topliss-reactive ketones (excluding diaryl/α,β-unsaturated/α-hetero) is 1. The quantitative estimate of drug-likeness (QED) is 0.831. The zero-order valence-electron chi connectivity index (χ0n) is 11.5. The average Bonchev–Trinajstić information content (AvgIpc) is 2.38. The molecule has 104 valence electrons. The van der Waals surface area contributed by atoms with Crippen LogP contribution in [-0.2, 0) is 4.74 Å². The first-order chi connectivity index (χ1) is 9.08. The highest BCUT2D eigenvalue weighted by atomic mass is 16.5. The third kappa shape index (κ3) is 3.86. The van der Waals surface area contributed by atoms with Gasteiger partial charge in [0.15, 0.2) is 5.78 Å². The van der Waals surface area contributed by atoms with Crippen LogP contribution < -0.4 is 0 Å². The summed E-state index contributed by atoms with van der Waals surface area (Å²) in [6.07, 6.45) is -0.133. The first-order valence-corrected chi connectivity index (χ1v) is 6.67. The summed E-state index contributed by atoms with van der Waals surface area (Å²) >= 11 is 0. The van der Waals surface area contributed by atoms with Gasteiger partial charge in [-0.25, -0.2) is 0 Å². The van der Waals surface area contributed by atoms with E-state index in [0.717, 1.165) is 17.7 Å². The first kappa shape index (κ1) is 14.2. The number of aliphatic hydroxyl groups excluding tert-OH is 1. The minimum absolute atomic E-state index is 0.000434. The number of nitrogens with zero attached hydrogens (tertiary/aromatic N) is 1. The Morgan fingerprint density at radius 1 is 1.37 bits per heavy atom. The van der Waals surface area contributed by atoms with Crippen molar-refractivity contribution in [3.05, 3.63) is 35.4 Å². The number of hydrogen-bond acceptors (Lipinski definition) is 4. The molecule has 1 aromatic carbocycles. The van der Waals surface area contributed by atoms with Gasteiger partial charge in [0.2, 0.25) is 0 Å². The molecule has 0 spiro atoms. The molecular formula is C15H21NO3. The lowest BCUT2D eigenvalue weighted by Crippen LogP contribution is -2.49. The molecule has 0 aliphatic carbocycles. The smallest absolute Gasteiger partial charge is 0.176 e. The van der Waals surface area contributed by atoms with Crippen molar-refractivity contribution in [1.82, 2.24) is 4.90 Å². The lowest BCUT2D eigenvalue weighted by molar-refractivity contribution is -0.0926. The molecule has 1 aliphatic heterocycles. The van der Waals surface area contributed by atoms with E-state index in [1.807, 2.05) is 38.1 Å². The summed E-state index contributed by atoms with van der Waals surface area (Å²) in [7, 11) is 0. The van der Waals surface area contributed by atoms with Crippen molar-refractivity contribution in [2.45, 2.75) is 26.1 Å². The topological polar surface area (TPSA) is 49.8 Å². The van der Waals surface area contributed by atoms with E-state index >= 15 is 0 Å². The van der Waals surface area contributed by atoms with Crippen molar-refractivity contribution in [2.75, 3.05) is 26.2 Å². The van der Waals surface area contributed by atoms with E-state index < -0.39 is 0 Å². The number of hydrogen-bond donors (Lipinski definition) is 1. The van der Waals surface area contributed by atoms with Crippen LogP contribution in [0.4, 0.5) is 0 Å². The Hall–Kier alpha value is -1.23. The van der Waals surface area contributed by atoms with Gasteiger partial charge in [0, 0.05) is 18.7 Å². The van der Waals surface area contributed by atoms with Gasteiger partial charge in [0.25, 0.3) is 0 Å². The Morgan fingerprint density at radius 2 is 2.05 bits per heavy atom. The molecule has 4 nitrogen and oxygen atoms in total. The number of carbonyl (C=O) groups is 1. The zero-order valence-corrected chi connectivity index (χ0v) is 11.5. The van der Waals surface area contributed by atoms with E-state index in [4.69, 9.17) is 4.74 Å². The molecule has 0 saturated carbocycles. The highest BCUT2D eigenvalue weighted by Crippen LogP contribution is 2.12. The Bertz CT molecular complexity index is 430. The van der Waals surface area contributed by atoms with Crippen molar-refractivity contribution in [2.24, 2.45) is 0 Å². The zero-order chi connectivity index (χ0) is 13.8. The Kier molecular flexibility index (Phi) is 4.69. The minimum Gasteiger partial charge on any atom is -0.394 e. The summed E-state index contributed by atoms with van der Waals surface area (Å²) < 4.78 is 5.57. The largest absolute Gasteiger partial charge is 0.394 e. The second kappa shape index (κ2) is 6.28. The summed E-state index contributed by atoms with van der Waals surface area (Å²) in [5.74, 6) is 0.116. The number of rotatable bonds is 4. The summed E-state index contributed by atoms with van der Waals surface area (Å²) in [5.41, 5.74) is 1.89. The van der Waals surface area contributed by atoms with Crippen LogP contribution in [0.2, 0.25) is 0 Å². The molecule has 1 N–H and O–H groups in total. The molecule has 1 aromatic rings. The number of aryl methyl sites for hydroxylation is 1. The standard InChI is InChI=1S/C15H21NO3/c1-11-3-5-13(6-4-11)15(18)9-16-7-12(2)19-14(8-16)10-17/h3-6,12,14,17H,7-10H2,1-2H3. The fourth-order valence-electron chi connectivity index (χ4n) is 2.40. The molecule has 0 bridgehead atoms. The van der Waals surface area contributed by atoms with Crippen LogP contribution in [0.5, 0.6) is 0 Å². The van der Waals surface area contributed by atoms with Gasteiger partial charge in [-0.2, -0.15) is 0 Å². The van der Waals surface area contributed by atoms with E-state index in [9.17, 15) is 9.90 Å². The van der Waals surface area contributed by atoms with Gasteiger partial charge < -0.3 is 9.84 Å². The minimum atomic E-state index is -0.186. The molecule has 19 heavy (non-hydrogen) atoms. The molecule has 2 atom stereocenters. The summed E-state index contributed by atoms with van der Waals surface area (Å²) in [6, 6.07) is 7.63. The third-order valence-electron chi connectivity index (χ3n) is 3.35. The van der Waals surface area contributed by atoms with Crippen molar-refractivity contribution in [1.29, 1.82) is 0 Å². The molecule has 0 radical (unpaired) electrons. The average molecular weight is 263 g/mol. The molecule has 1 aliphatic rings. The summed E-state index contributed by atoms with van der Waals surface area (Å²) in [4.78, 5) is 14.2. The van der Waals surface area contributed by atoms with Gasteiger partial charge in [-0.05, 0) is 13.8 Å². The van der Waals surface area contributed by atoms with Crippen LogP contribution in [0.3, 0.4) is 0 Å². The number of benzene rings is 1. The van der Waals surface area contributed by atoms with Gasteiger partial charge >= 0.3 is 0 Å². The van der Waals surface area contributed by atoms with Crippen LogP contribution in [0.1, 0.15) is 22.8 Å². The molecule has 1 fully saturated rings. The van der Waals surface area contributed by atoms with Gasteiger partial charge in [-0.15, -0.1) is 0 Å². The predicted molar refractivity (Wildman–Crippen MR) is 73.4 cm³/mol. The number of aliphatic hydroxyl groups is 1. The van der Waals surface area contributed by atoms with Crippen LogP contribution in [0.15, 0.2) is 24.3 Å². The fraction of sp³-hybridized carbons (Fsp3) is 0.533. The van der Waals surface area contributed by atoms with Gasteiger partial charge in [-0.3, -0.25) is 9.69 Å². The molecule has 4 heteroatoms. The molecule has 0 amide bonds. The second-order valence-electron chi connectivity index (χ2n) is 5.23. The fourth-order valence-corrected chi connectivity index (χ4v) is 2.40. The maximum absolute atomic E-state index is 12.2. The molecular weight excluding hydrogens is 242 g/mol. The van der Waals surface area contributed by atoms with E-state index in [2.05, 4.69) is 4.90 Å². The van der Waals surface area contributed by atoms with Gasteiger partial charge in [-0.1, -0.05) is 29.8 Å². The number of morpholine rings is 1. The van der Waals surface area contributed by atoms with Gasteiger partial charge in [0.05, 0.1) is 25.4 Å². The first-order valence-electron chi connectivity index (χ1n) is 6.67. The molecule has 2 unspecified atom stereocenters. The third-order valence-corrected chi connectivity index (χ3v) is 3.35. The van der Waals surface area contributed by atoms with E-state index in [1.54, 1.807) is 0 Å². The van der Waals surface area contributed by atoms with E-state index in [1.165, 1.54) is 0 Å². The lowest BCUT2D eigenvalue weighted by atomic mass is 10.1. The number of carbonyl (C=O) groups excluding carboxylic acids is 1. The van der Waals surface area contributed by atoms with Crippen molar-refractivity contribution in [3.8, 4) is 0 Å². The second-order valence-corrected chi connectivity index (χ2v) is 5.23. The Labute approximate surface area is 114 Å². The van der Waals surface area contributed by atoms with Crippen molar-refractivity contribution in [3.63, 3.8) is 0 Å². The van der Waals surface area contributed by atoms with Crippen LogP contribution in [0, 0.1) is 6.92 Å². The Morgan fingerprint density at radius 3 is 2.68 bits per heavy atom. The monoisotopic (exact) mass is 263 g/mol. The summed E-state index contributed by atoms with van der Waals surface area (Å²) in [5, 5.41) is 9.17. The maximum atomic E-state index is 12.2. The normalized spacial score (nSPS) is 24.4. The molecule has 0 aromatic heterocycles. The number of ether oxygens (including phenoxy) is 1. The molecule has 1 heterocycles. The van der Waals surface area contributed by atoms with Crippen LogP contribution in [0.25, 0.3) is 0 Å². The number of ketones is 1. The highest BCUT2D eigenvalue weighted by Gasteiger charge is 2.26. The Balaban J connectivity index is 1.96.